The van der Waals surface area contributed by atoms with Crippen molar-refractivity contribution in [2.75, 3.05) is 13.1 Å². The minimum Gasteiger partial charge on any atom is -0.449 e. The molecule has 0 N–H and O–H groups in total. The highest BCUT2D eigenvalue weighted by Crippen LogP contribution is 2.27. The molecule has 0 spiro atoms. The number of ether oxygens (including phenoxy) is 1. The topological polar surface area (TPSA) is 85.5 Å². The van der Waals surface area contributed by atoms with Crippen LogP contribution in [0, 0.1) is 12.8 Å². The smallest absolute Gasteiger partial charge is 0.340 e. The lowest BCUT2D eigenvalue weighted by atomic mass is 9.90. The number of benzene rings is 2. The van der Waals surface area contributed by atoms with Crippen molar-refractivity contribution in [3.8, 4) is 0 Å². The van der Waals surface area contributed by atoms with Crippen LogP contribution in [0.2, 0.25) is 0 Å². The van der Waals surface area contributed by atoms with E-state index in [1.807, 2.05) is 23.1 Å². The van der Waals surface area contributed by atoms with Gasteiger partial charge >= 0.3 is 5.97 Å². The van der Waals surface area contributed by atoms with Crippen molar-refractivity contribution in [3.05, 3.63) is 77.4 Å². The Morgan fingerprint density at radius 1 is 1.12 bits per heavy atom. The molecule has 1 aliphatic rings. The summed E-state index contributed by atoms with van der Waals surface area (Å²) in [5, 5.41) is 3.78. The number of hydrogen-bond acceptors (Lipinski definition) is 7. The van der Waals surface area contributed by atoms with Crippen LogP contribution in [0.3, 0.4) is 0 Å². The molecule has 0 saturated carbocycles. The van der Waals surface area contributed by atoms with E-state index in [1.54, 1.807) is 26.0 Å². The molecule has 4 rings (SSSR count). The molecule has 0 aliphatic carbocycles. The van der Waals surface area contributed by atoms with Crippen LogP contribution in [0.25, 0.3) is 0 Å². The molecule has 178 valence electrons. The number of esters is 1. The van der Waals surface area contributed by atoms with Crippen molar-refractivity contribution in [2.45, 2.75) is 49.9 Å². The molecule has 0 radical (unpaired) electrons. The van der Waals surface area contributed by atoms with Crippen molar-refractivity contribution in [1.82, 2.24) is 15.0 Å². The third-order valence-corrected chi connectivity index (χ3v) is 7.01. The molecule has 1 saturated heterocycles. The molecule has 8 heteroatoms. The number of rotatable bonds is 8. The fourth-order valence-electron chi connectivity index (χ4n) is 4.14. The minimum atomic E-state index is -0.838. The summed E-state index contributed by atoms with van der Waals surface area (Å²) in [4.78, 5) is 32.6. The average Bonchev–Trinajstić information content (AvgIpc) is 3.28. The molecule has 1 aromatic heterocycles. The van der Waals surface area contributed by atoms with Gasteiger partial charge in [0.05, 0.1) is 11.3 Å². The molecule has 0 bridgehead atoms. The second-order valence-electron chi connectivity index (χ2n) is 8.53. The summed E-state index contributed by atoms with van der Waals surface area (Å²) in [6, 6.07) is 17.6. The normalized spacial score (nSPS) is 15.2. The van der Waals surface area contributed by atoms with Crippen molar-refractivity contribution in [1.29, 1.82) is 0 Å². The van der Waals surface area contributed by atoms with Crippen LogP contribution in [-0.4, -0.2) is 46.1 Å². The van der Waals surface area contributed by atoms with E-state index in [9.17, 15) is 9.59 Å². The third-order valence-electron chi connectivity index (χ3n) is 5.95. The Hall–Kier alpha value is -3.13. The number of hydrogen-bond donors (Lipinski definition) is 0. The zero-order valence-electron chi connectivity index (χ0n) is 19.5. The number of aromatic nitrogens is 2. The van der Waals surface area contributed by atoms with E-state index < -0.39 is 12.1 Å². The predicted octanol–water partition coefficient (Wildman–Crippen LogP) is 4.70. The Bertz CT molecular complexity index is 1110. The molecule has 7 nitrogen and oxygen atoms in total. The molecule has 0 unspecified atom stereocenters. The van der Waals surface area contributed by atoms with Gasteiger partial charge in [-0.25, -0.2) is 4.79 Å². The first kappa shape index (κ1) is 24.0. The van der Waals surface area contributed by atoms with Crippen LogP contribution < -0.4 is 0 Å². The van der Waals surface area contributed by atoms with E-state index in [1.165, 1.54) is 17.3 Å². The van der Waals surface area contributed by atoms with Gasteiger partial charge in [0.2, 0.25) is 5.89 Å². The lowest BCUT2D eigenvalue weighted by Crippen LogP contribution is -2.44. The van der Waals surface area contributed by atoms with Crippen LogP contribution in [0.1, 0.15) is 47.4 Å². The van der Waals surface area contributed by atoms with Gasteiger partial charge in [-0.2, -0.15) is 4.98 Å². The average molecular weight is 480 g/mol. The van der Waals surface area contributed by atoms with Crippen LogP contribution >= 0.6 is 11.8 Å². The highest BCUT2D eigenvalue weighted by atomic mass is 32.2. The fourth-order valence-corrected chi connectivity index (χ4v) is 5.01. The number of piperidine rings is 1. The maximum atomic E-state index is 12.9. The van der Waals surface area contributed by atoms with Crippen LogP contribution in [0.15, 0.2) is 64.0 Å². The van der Waals surface area contributed by atoms with Gasteiger partial charge in [0.1, 0.15) is 0 Å². The van der Waals surface area contributed by atoms with Crippen LogP contribution in [-0.2, 0) is 21.7 Å². The van der Waals surface area contributed by atoms with Gasteiger partial charge in [-0.05, 0) is 56.7 Å². The molecule has 3 aromatic rings. The summed E-state index contributed by atoms with van der Waals surface area (Å²) < 4.78 is 10.7. The van der Waals surface area contributed by atoms with E-state index in [2.05, 4.69) is 34.4 Å². The maximum absolute atomic E-state index is 12.9. The molecular weight excluding hydrogens is 450 g/mol. The largest absolute Gasteiger partial charge is 0.449 e. The molecule has 1 aliphatic heterocycles. The van der Waals surface area contributed by atoms with E-state index in [4.69, 9.17) is 9.26 Å². The number of likely N-dealkylation sites (tertiary alicyclic amines) is 1. The Morgan fingerprint density at radius 2 is 1.82 bits per heavy atom. The summed E-state index contributed by atoms with van der Waals surface area (Å²) >= 11 is 1.41. The second kappa shape index (κ2) is 11.3. The number of carbonyl (C=O) groups is 2. The van der Waals surface area contributed by atoms with Gasteiger partial charge in [0.15, 0.2) is 11.9 Å². The quantitative estimate of drug-likeness (QED) is 0.342. The summed E-state index contributed by atoms with van der Waals surface area (Å²) in [5.41, 5.74) is 1.75. The number of nitrogens with zero attached hydrogens (tertiary/aromatic N) is 3. The van der Waals surface area contributed by atoms with Gasteiger partial charge in [0.25, 0.3) is 5.91 Å². The first-order valence-corrected chi connectivity index (χ1v) is 12.5. The van der Waals surface area contributed by atoms with Crippen molar-refractivity contribution >= 4 is 23.6 Å². The van der Waals surface area contributed by atoms with Gasteiger partial charge in [-0.1, -0.05) is 47.6 Å². The monoisotopic (exact) mass is 479 g/mol. The minimum absolute atomic E-state index is 0.141. The number of aryl methyl sites for hydroxylation is 1. The van der Waals surface area contributed by atoms with Crippen LogP contribution in [0.5, 0.6) is 0 Å². The van der Waals surface area contributed by atoms with Gasteiger partial charge < -0.3 is 14.2 Å². The third kappa shape index (κ3) is 6.26. The molecule has 34 heavy (non-hydrogen) atoms. The Kier molecular flexibility index (Phi) is 8.00. The van der Waals surface area contributed by atoms with E-state index in [0.717, 1.165) is 24.2 Å². The van der Waals surface area contributed by atoms with Gasteiger partial charge in [-0.15, -0.1) is 11.8 Å². The Morgan fingerprint density at radius 3 is 2.53 bits per heavy atom. The van der Waals surface area contributed by atoms with Gasteiger partial charge in [-0.3, -0.25) is 4.79 Å². The molecule has 1 fully saturated rings. The van der Waals surface area contributed by atoms with E-state index in [0.29, 0.717) is 42.0 Å². The first-order chi connectivity index (χ1) is 16.5. The maximum Gasteiger partial charge on any atom is 0.340 e. The molecule has 1 atom stereocenters. The SMILES string of the molecule is Cc1noc(CSc2ccccc2C(=O)O[C@@H](C)C(=O)N2CCC(Cc3ccccc3)CC2)n1. The van der Waals surface area contributed by atoms with E-state index >= 15 is 0 Å². The number of thioether (sulfide) groups is 1. The van der Waals surface area contributed by atoms with Crippen molar-refractivity contribution in [2.24, 2.45) is 5.92 Å². The summed E-state index contributed by atoms with van der Waals surface area (Å²) in [5.74, 6) is 1.42. The predicted molar refractivity (Wildman–Crippen MR) is 129 cm³/mol. The molecule has 2 aromatic carbocycles. The standard InChI is InChI=1S/C26H29N3O4S/c1-18(25(30)29-14-12-21(13-15-29)16-20-8-4-3-5-9-20)32-26(31)22-10-6-7-11-23(22)34-17-24-27-19(2)28-33-24/h3-11,18,21H,12-17H2,1-2H3/t18-/m0/s1. The lowest BCUT2D eigenvalue weighted by molar-refractivity contribution is -0.141. The Balaban J connectivity index is 1.29. The van der Waals surface area contributed by atoms with Crippen molar-refractivity contribution < 1.29 is 18.8 Å². The summed E-state index contributed by atoms with van der Waals surface area (Å²) in [6.45, 7) is 4.78. The first-order valence-electron chi connectivity index (χ1n) is 11.5. The highest BCUT2D eigenvalue weighted by molar-refractivity contribution is 7.98. The molecular formula is C26H29N3O4S. The van der Waals surface area contributed by atoms with Crippen molar-refractivity contribution in [3.63, 3.8) is 0 Å². The number of amides is 1. The zero-order valence-corrected chi connectivity index (χ0v) is 20.3. The highest BCUT2D eigenvalue weighted by Gasteiger charge is 2.29. The van der Waals surface area contributed by atoms with Gasteiger partial charge in [0, 0.05) is 18.0 Å². The fraction of sp³-hybridized carbons (Fsp3) is 0.385. The molecule has 2 heterocycles. The molecule has 1 amide bonds. The zero-order chi connectivity index (χ0) is 23.9. The van der Waals surface area contributed by atoms with E-state index in [-0.39, 0.29) is 5.91 Å². The second-order valence-corrected chi connectivity index (χ2v) is 9.54. The summed E-state index contributed by atoms with van der Waals surface area (Å²) in [7, 11) is 0. The Labute approximate surface area is 203 Å². The number of carbonyl (C=O) groups excluding carboxylic acids is 2. The summed E-state index contributed by atoms with van der Waals surface area (Å²) in [6.07, 6.45) is 2.10. The lowest BCUT2D eigenvalue weighted by Gasteiger charge is -2.33. The van der Waals surface area contributed by atoms with Crippen LogP contribution in [0.4, 0.5) is 0 Å².